The molecule has 1 fully saturated rings. The average molecular weight is 292 g/mol. The van der Waals surface area contributed by atoms with E-state index in [4.69, 9.17) is 9.84 Å². The molecule has 1 heterocycles. The first-order chi connectivity index (χ1) is 10.1. The molecule has 1 aliphatic heterocycles. The lowest BCUT2D eigenvalue weighted by molar-refractivity contribution is 0.0600. The summed E-state index contributed by atoms with van der Waals surface area (Å²) in [5.74, 6) is -0.302. The fourth-order valence-electron chi connectivity index (χ4n) is 2.74. The second kappa shape index (κ2) is 7.54. The first-order valence-corrected chi connectivity index (χ1v) is 7.34. The number of likely N-dealkylation sites (N-methyl/N-ethyl adjacent to an activating group) is 1. The fourth-order valence-corrected chi connectivity index (χ4v) is 2.74. The zero-order chi connectivity index (χ0) is 15.2. The van der Waals surface area contributed by atoms with E-state index in [-0.39, 0.29) is 12.6 Å². The topological polar surface area (TPSA) is 53.0 Å². The number of carbonyl (C=O) groups is 1. The van der Waals surface area contributed by atoms with Crippen LogP contribution in [0.5, 0.6) is 0 Å². The molecule has 0 unspecified atom stereocenters. The summed E-state index contributed by atoms with van der Waals surface area (Å²) in [7, 11) is 3.50. The molecule has 1 aliphatic rings. The van der Waals surface area contributed by atoms with E-state index in [1.165, 1.54) is 12.7 Å². The molecule has 5 nitrogen and oxygen atoms in total. The highest BCUT2D eigenvalue weighted by Gasteiger charge is 2.23. The second-order valence-corrected chi connectivity index (χ2v) is 5.57. The first kappa shape index (κ1) is 15.9. The predicted molar refractivity (Wildman–Crippen MR) is 81.2 cm³/mol. The van der Waals surface area contributed by atoms with Crippen molar-refractivity contribution >= 4 is 5.97 Å². The zero-order valence-corrected chi connectivity index (χ0v) is 12.8. The number of piperazine rings is 1. The Balaban J connectivity index is 1.93. The van der Waals surface area contributed by atoms with Crippen molar-refractivity contribution < 1.29 is 14.6 Å². The molecule has 21 heavy (non-hydrogen) atoms. The largest absolute Gasteiger partial charge is 0.465 e. The minimum Gasteiger partial charge on any atom is -0.465 e. The van der Waals surface area contributed by atoms with Gasteiger partial charge in [0.25, 0.3) is 0 Å². The number of ether oxygens (including phenoxy) is 1. The lowest BCUT2D eigenvalue weighted by atomic mass is 10.1. The summed E-state index contributed by atoms with van der Waals surface area (Å²) in [4.78, 5) is 16.1. The Morgan fingerprint density at radius 2 is 2.05 bits per heavy atom. The summed E-state index contributed by atoms with van der Waals surface area (Å²) in [6.45, 7) is 4.12. The van der Waals surface area contributed by atoms with Gasteiger partial charge in [0, 0.05) is 38.8 Å². The number of esters is 1. The smallest absolute Gasteiger partial charge is 0.337 e. The molecule has 0 bridgehead atoms. The van der Waals surface area contributed by atoms with Crippen molar-refractivity contribution in [1.29, 1.82) is 0 Å². The molecule has 0 saturated carbocycles. The summed E-state index contributed by atoms with van der Waals surface area (Å²) in [6, 6.07) is 7.99. The average Bonchev–Trinajstić information content (AvgIpc) is 2.51. The highest BCUT2D eigenvalue weighted by molar-refractivity contribution is 5.89. The van der Waals surface area contributed by atoms with E-state index in [2.05, 4.69) is 16.8 Å². The molecule has 2 rings (SSSR count). The Bertz CT molecular complexity index is 461. The Kier molecular flexibility index (Phi) is 5.73. The van der Waals surface area contributed by atoms with E-state index in [0.717, 1.165) is 32.6 Å². The highest BCUT2D eigenvalue weighted by Crippen LogP contribution is 2.14. The van der Waals surface area contributed by atoms with Gasteiger partial charge in [0.15, 0.2) is 0 Å². The monoisotopic (exact) mass is 292 g/mol. The van der Waals surface area contributed by atoms with Gasteiger partial charge in [-0.15, -0.1) is 0 Å². The van der Waals surface area contributed by atoms with Crippen molar-refractivity contribution in [2.24, 2.45) is 0 Å². The minimum absolute atomic E-state index is 0.233. The van der Waals surface area contributed by atoms with Gasteiger partial charge >= 0.3 is 5.97 Å². The van der Waals surface area contributed by atoms with Crippen LogP contribution in [0, 0.1) is 0 Å². The number of carbonyl (C=O) groups excluding carboxylic acids is 1. The van der Waals surface area contributed by atoms with Crippen LogP contribution in [-0.4, -0.2) is 67.3 Å². The van der Waals surface area contributed by atoms with Crippen molar-refractivity contribution in [2.75, 3.05) is 40.4 Å². The van der Waals surface area contributed by atoms with Crippen LogP contribution in [0.2, 0.25) is 0 Å². The van der Waals surface area contributed by atoms with E-state index in [9.17, 15) is 4.79 Å². The third-order valence-corrected chi connectivity index (χ3v) is 4.10. The summed E-state index contributed by atoms with van der Waals surface area (Å²) >= 11 is 0. The van der Waals surface area contributed by atoms with Gasteiger partial charge in [-0.25, -0.2) is 4.79 Å². The standard InChI is InChI=1S/C16H24N2O3/c1-17-8-9-18(12-15(17)7-10-19)11-13-3-5-14(6-4-13)16(20)21-2/h3-6,15,19H,7-12H2,1-2H3/t15-/m0/s1. The Hall–Kier alpha value is -1.43. The lowest BCUT2D eigenvalue weighted by Gasteiger charge is -2.39. The number of methoxy groups -OCH3 is 1. The van der Waals surface area contributed by atoms with Crippen LogP contribution in [0.15, 0.2) is 24.3 Å². The molecule has 0 spiro atoms. The fraction of sp³-hybridized carbons (Fsp3) is 0.562. The van der Waals surface area contributed by atoms with E-state index in [1.54, 1.807) is 0 Å². The van der Waals surface area contributed by atoms with Crippen LogP contribution in [0.1, 0.15) is 22.3 Å². The number of hydrogen-bond donors (Lipinski definition) is 1. The molecule has 1 saturated heterocycles. The van der Waals surface area contributed by atoms with Gasteiger partial charge in [0.05, 0.1) is 12.7 Å². The van der Waals surface area contributed by atoms with Crippen molar-refractivity contribution in [1.82, 2.24) is 9.80 Å². The van der Waals surface area contributed by atoms with Crippen LogP contribution < -0.4 is 0 Å². The van der Waals surface area contributed by atoms with Crippen LogP contribution in [0.25, 0.3) is 0 Å². The van der Waals surface area contributed by atoms with Gasteiger partial charge in [-0.3, -0.25) is 4.90 Å². The number of nitrogens with zero attached hydrogens (tertiary/aromatic N) is 2. The number of rotatable bonds is 5. The van der Waals surface area contributed by atoms with Gasteiger partial charge in [-0.05, 0) is 31.2 Å². The van der Waals surface area contributed by atoms with E-state index in [0.29, 0.717) is 11.6 Å². The van der Waals surface area contributed by atoms with Crippen LogP contribution in [0.3, 0.4) is 0 Å². The molecule has 0 amide bonds. The number of hydrogen-bond acceptors (Lipinski definition) is 5. The summed E-state index contributed by atoms with van der Waals surface area (Å²) in [6.07, 6.45) is 0.814. The van der Waals surface area contributed by atoms with Gasteiger partial charge in [-0.2, -0.15) is 0 Å². The van der Waals surface area contributed by atoms with E-state index >= 15 is 0 Å². The van der Waals surface area contributed by atoms with Gasteiger partial charge in [-0.1, -0.05) is 12.1 Å². The minimum atomic E-state index is -0.302. The van der Waals surface area contributed by atoms with Crippen LogP contribution in [-0.2, 0) is 11.3 Å². The molecular formula is C16H24N2O3. The molecule has 1 N–H and O–H groups in total. The van der Waals surface area contributed by atoms with Crippen molar-refractivity contribution in [3.63, 3.8) is 0 Å². The molecule has 0 radical (unpaired) electrons. The molecule has 1 aromatic rings. The third kappa shape index (κ3) is 4.27. The maximum absolute atomic E-state index is 11.4. The summed E-state index contributed by atoms with van der Waals surface area (Å²) in [5.41, 5.74) is 1.77. The SMILES string of the molecule is COC(=O)c1ccc(CN2CCN(C)[C@@H](CCO)C2)cc1. The molecule has 5 heteroatoms. The van der Waals surface area contributed by atoms with E-state index in [1.807, 2.05) is 24.3 Å². The number of aliphatic hydroxyl groups is 1. The van der Waals surface area contributed by atoms with Crippen LogP contribution >= 0.6 is 0 Å². The quantitative estimate of drug-likeness (QED) is 0.820. The van der Waals surface area contributed by atoms with Crippen molar-refractivity contribution in [2.45, 2.75) is 19.0 Å². The van der Waals surface area contributed by atoms with Gasteiger partial charge < -0.3 is 14.7 Å². The second-order valence-electron chi connectivity index (χ2n) is 5.57. The molecule has 0 aromatic heterocycles. The Morgan fingerprint density at radius 1 is 1.33 bits per heavy atom. The highest BCUT2D eigenvalue weighted by atomic mass is 16.5. The van der Waals surface area contributed by atoms with E-state index < -0.39 is 0 Å². The maximum Gasteiger partial charge on any atom is 0.337 e. The number of benzene rings is 1. The predicted octanol–water partition coefficient (Wildman–Crippen LogP) is 0.972. The van der Waals surface area contributed by atoms with Gasteiger partial charge in [0.1, 0.15) is 0 Å². The zero-order valence-electron chi connectivity index (χ0n) is 12.8. The Labute approximate surface area is 126 Å². The normalized spacial score (nSPS) is 20.4. The first-order valence-electron chi connectivity index (χ1n) is 7.34. The van der Waals surface area contributed by atoms with Crippen LogP contribution in [0.4, 0.5) is 0 Å². The van der Waals surface area contributed by atoms with Gasteiger partial charge in [0.2, 0.25) is 0 Å². The maximum atomic E-state index is 11.4. The summed E-state index contributed by atoms with van der Waals surface area (Å²) in [5, 5.41) is 9.13. The lowest BCUT2D eigenvalue weighted by Crippen LogP contribution is -2.51. The molecule has 1 aromatic carbocycles. The summed E-state index contributed by atoms with van der Waals surface area (Å²) < 4.78 is 4.70. The third-order valence-electron chi connectivity index (χ3n) is 4.10. The molecular weight excluding hydrogens is 268 g/mol. The van der Waals surface area contributed by atoms with Crippen molar-refractivity contribution in [3.8, 4) is 0 Å². The Morgan fingerprint density at radius 3 is 2.67 bits per heavy atom. The molecule has 1 atom stereocenters. The number of aliphatic hydroxyl groups excluding tert-OH is 1. The van der Waals surface area contributed by atoms with Crippen molar-refractivity contribution in [3.05, 3.63) is 35.4 Å². The molecule has 0 aliphatic carbocycles. The molecule has 116 valence electrons.